The number of carboxylic acids is 1. The molecule has 1 unspecified atom stereocenters. The number of thioether (sulfide) groups is 1. The Hall–Kier alpha value is -1.46. The zero-order chi connectivity index (χ0) is 13.8. The van der Waals surface area contributed by atoms with Crippen LogP contribution in [0.2, 0.25) is 0 Å². The Kier molecular flexibility index (Phi) is 4.50. The van der Waals surface area contributed by atoms with Crippen molar-refractivity contribution in [3.63, 3.8) is 0 Å². The number of fused-ring (bicyclic) bond motifs is 1. The number of para-hydroxylation sites is 1. The molecule has 0 amide bonds. The third-order valence-electron chi connectivity index (χ3n) is 2.94. The van der Waals surface area contributed by atoms with Gasteiger partial charge in [0, 0.05) is 16.7 Å². The molecule has 2 rings (SSSR count). The summed E-state index contributed by atoms with van der Waals surface area (Å²) in [4.78, 5) is 11.2. The van der Waals surface area contributed by atoms with Gasteiger partial charge >= 0.3 is 5.97 Å². The van der Waals surface area contributed by atoms with Crippen molar-refractivity contribution in [1.82, 2.24) is 0 Å². The molecule has 0 bridgehead atoms. The van der Waals surface area contributed by atoms with Crippen LogP contribution in [0.25, 0.3) is 11.0 Å². The Morgan fingerprint density at radius 1 is 1.47 bits per heavy atom. The van der Waals surface area contributed by atoms with Crippen molar-refractivity contribution in [2.45, 2.75) is 12.7 Å². The second kappa shape index (κ2) is 6.12. The van der Waals surface area contributed by atoms with E-state index in [1.807, 2.05) is 18.2 Å². The Labute approximate surface area is 116 Å². The van der Waals surface area contributed by atoms with E-state index in [4.69, 9.17) is 10.2 Å². The molecular formula is C14H17NO3S. The van der Waals surface area contributed by atoms with E-state index in [0.29, 0.717) is 23.8 Å². The Morgan fingerprint density at radius 2 is 2.21 bits per heavy atom. The van der Waals surface area contributed by atoms with E-state index in [1.54, 1.807) is 17.8 Å². The monoisotopic (exact) mass is 279 g/mol. The molecule has 0 saturated carbocycles. The maximum Gasteiger partial charge on any atom is 0.372 e. The van der Waals surface area contributed by atoms with Gasteiger partial charge in [0.05, 0.1) is 0 Å². The highest BCUT2D eigenvalue weighted by Crippen LogP contribution is 2.29. The van der Waals surface area contributed by atoms with Crippen LogP contribution in [-0.2, 0) is 5.75 Å². The Morgan fingerprint density at radius 3 is 2.89 bits per heavy atom. The quantitative estimate of drug-likeness (QED) is 0.850. The van der Waals surface area contributed by atoms with E-state index in [0.717, 1.165) is 16.7 Å². The molecule has 1 aromatic carbocycles. The number of aromatic carboxylic acids is 1. The van der Waals surface area contributed by atoms with Crippen LogP contribution in [0.3, 0.4) is 0 Å². The van der Waals surface area contributed by atoms with Crippen molar-refractivity contribution in [2.24, 2.45) is 11.7 Å². The highest BCUT2D eigenvalue weighted by Gasteiger charge is 2.19. The first-order chi connectivity index (χ1) is 9.13. The summed E-state index contributed by atoms with van der Waals surface area (Å²) in [5.41, 5.74) is 6.96. The fourth-order valence-corrected chi connectivity index (χ4v) is 2.99. The molecule has 0 saturated heterocycles. The third-order valence-corrected chi connectivity index (χ3v) is 4.24. The van der Waals surface area contributed by atoms with Crippen LogP contribution in [-0.4, -0.2) is 23.4 Å². The fraction of sp³-hybridized carbons (Fsp3) is 0.357. The highest BCUT2D eigenvalue weighted by atomic mass is 32.2. The first-order valence-electron chi connectivity index (χ1n) is 6.15. The predicted molar refractivity (Wildman–Crippen MR) is 77.6 cm³/mol. The Balaban J connectivity index is 2.24. The molecule has 0 aliphatic heterocycles. The fourth-order valence-electron chi connectivity index (χ4n) is 1.85. The number of nitrogens with two attached hydrogens (primary N) is 1. The number of hydrogen-bond donors (Lipinski definition) is 2. The van der Waals surface area contributed by atoms with Gasteiger partial charge in [0.2, 0.25) is 5.76 Å². The molecule has 0 aliphatic carbocycles. The van der Waals surface area contributed by atoms with Crippen LogP contribution in [0.1, 0.15) is 23.0 Å². The van der Waals surface area contributed by atoms with E-state index >= 15 is 0 Å². The Bertz CT molecular complexity index is 579. The zero-order valence-corrected chi connectivity index (χ0v) is 11.6. The highest BCUT2D eigenvalue weighted by molar-refractivity contribution is 7.98. The number of benzene rings is 1. The van der Waals surface area contributed by atoms with Crippen molar-refractivity contribution >= 4 is 28.7 Å². The lowest BCUT2D eigenvalue weighted by Crippen LogP contribution is -2.12. The van der Waals surface area contributed by atoms with Gasteiger partial charge in [0.1, 0.15) is 5.58 Å². The van der Waals surface area contributed by atoms with Gasteiger partial charge in [-0.15, -0.1) is 0 Å². The van der Waals surface area contributed by atoms with Crippen LogP contribution in [0.15, 0.2) is 28.7 Å². The van der Waals surface area contributed by atoms with Gasteiger partial charge in [-0.3, -0.25) is 0 Å². The third kappa shape index (κ3) is 3.11. The molecule has 1 heterocycles. The molecule has 0 spiro atoms. The van der Waals surface area contributed by atoms with E-state index in [1.165, 1.54) is 0 Å². The zero-order valence-electron chi connectivity index (χ0n) is 10.8. The minimum Gasteiger partial charge on any atom is -0.475 e. The predicted octanol–water partition coefficient (Wildman–Crippen LogP) is 2.96. The molecule has 1 atom stereocenters. The van der Waals surface area contributed by atoms with Gasteiger partial charge in [-0.05, 0) is 24.3 Å². The summed E-state index contributed by atoms with van der Waals surface area (Å²) in [6, 6.07) is 7.41. The average molecular weight is 279 g/mol. The minimum atomic E-state index is -1.02. The number of hydrogen-bond acceptors (Lipinski definition) is 4. The largest absolute Gasteiger partial charge is 0.475 e. The lowest BCUT2D eigenvalue weighted by Gasteiger charge is -2.07. The van der Waals surface area contributed by atoms with Crippen LogP contribution in [0.5, 0.6) is 0 Å². The van der Waals surface area contributed by atoms with Crippen molar-refractivity contribution in [1.29, 1.82) is 0 Å². The number of furan rings is 1. The smallest absolute Gasteiger partial charge is 0.372 e. The van der Waals surface area contributed by atoms with Gasteiger partial charge in [0.15, 0.2) is 0 Å². The van der Waals surface area contributed by atoms with E-state index in [-0.39, 0.29) is 5.76 Å². The van der Waals surface area contributed by atoms with Crippen molar-refractivity contribution in [3.8, 4) is 0 Å². The summed E-state index contributed by atoms with van der Waals surface area (Å²) >= 11 is 1.69. The molecule has 4 nitrogen and oxygen atoms in total. The molecule has 2 aromatic rings. The lowest BCUT2D eigenvalue weighted by atomic mass is 10.1. The SMILES string of the molecule is CC(CN)CSCc1c(C(=O)O)oc2ccccc12. The second-order valence-electron chi connectivity index (χ2n) is 4.57. The van der Waals surface area contributed by atoms with Crippen LogP contribution < -0.4 is 5.73 Å². The van der Waals surface area contributed by atoms with Gasteiger partial charge < -0.3 is 15.3 Å². The summed E-state index contributed by atoms with van der Waals surface area (Å²) in [6.07, 6.45) is 0. The number of carbonyl (C=O) groups is 1. The van der Waals surface area contributed by atoms with E-state index in [2.05, 4.69) is 6.92 Å². The maximum atomic E-state index is 11.2. The van der Waals surface area contributed by atoms with Crippen molar-refractivity contribution < 1.29 is 14.3 Å². The van der Waals surface area contributed by atoms with Crippen molar-refractivity contribution in [2.75, 3.05) is 12.3 Å². The summed E-state index contributed by atoms with van der Waals surface area (Å²) in [5, 5.41) is 10.1. The lowest BCUT2D eigenvalue weighted by molar-refractivity contribution is 0.0664. The molecule has 102 valence electrons. The van der Waals surface area contributed by atoms with Gasteiger partial charge in [-0.25, -0.2) is 4.79 Å². The molecule has 19 heavy (non-hydrogen) atoms. The summed E-state index contributed by atoms with van der Waals surface area (Å²) in [5.74, 6) is 1.00. The van der Waals surface area contributed by atoms with Crippen LogP contribution >= 0.6 is 11.8 Å². The van der Waals surface area contributed by atoms with E-state index in [9.17, 15) is 9.90 Å². The standard InChI is InChI=1S/C14H17NO3S/c1-9(6-15)7-19-8-11-10-4-2-3-5-12(10)18-13(11)14(16)17/h2-5,9H,6-8,15H2,1H3,(H,16,17). The maximum absolute atomic E-state index is 11.2. The van der Waals surface area contributed by atoms with Crippen LogP contribution in [0, 0.1) is 5.92 Å². The first kappa shape index (κ1) is 14.0. The number of carboxylic acid groups (broad SMARTS) is 1. The van der Waals surface area contributed by atoms with Gasteiger partial charge in [0.25, 0.3) is 0 Å². The molecule has 3 N–H and O–H groups in total. The topological polar surface area (TPSA) is 76.5 Å². The molecule has 5 heteroatoms. The summed E-state index contributed by atoms with van der Waals surface area (Å²) in [6.45, 7) is 2.73. The summed E-state index contributed by atoms with van der Waals surface area (Å²) in [7, 11) is 0. The minimum absolute atomic E-state index is 0.0501. The van der Waals surface area contributed by atoms with Gasteiger partial charge in [-0.1, -0.05) is 25.1 Å². The molecule has 0 aliphatic rings. The first-order valence-corrected chi connectivity index (χ1v) is 7.30. The second-order valence-corrected chi connectivity index (χ2v) is 5.60. The number of rotatable bonds is 6. The normalized spacial score (nSPS) is 12.7. The van der Waals surface area contributed by atoms with Crippen LogP contribution in [0.4, 0.5) is 0 Å². The van der Waals surface area contributed by atoms with E-state index < -0.39 is 5.97 Å². The molecule has 1 aromatic heterocycles. The molecular weight excluding hydrogens is 262 g/mol. The molecule has 0 fully saturated rings. The van der Waals surface area contributed by atoms with Gasteiger partial charge in [-0.2, -0.15) is 11.8 Å². The van der Waals surface area contributed by atoms with Crippen molar-refractivity contribution in [3.05, 3.63) is 35.6 Å². The average Bonchev–Trinajstić information content (AvgIpc) is 2.78. The molecule has 0 radical (unpaired) electrons. The summed E-state index contributed by atoms with van der Waals surface area (Å²) < 4.78 is 5.41.